The van der Waals surface area contributed by atoms with Crippen LogP contribution in [0.1, 0.15) is 90.9 Å². The molecule has 0 aliphatic carbocycles. The van der Waals surface area contributed by atoms with Crippen molar-refractivity contribution in [1.82, 2.24) is 0 Å². The van der Waals surface area contributed by atoms with Crippen LogP contribution in [-0.2, 0) is 19.0 Å². The van der Waals surface area contributed by atoms with E-state index in [2.05, 4.69) is 0 Å². The molecule has 2 atom stereocenters. The molecule has 0 aromatic rings. The SMILES string of the molecule is CC1(C)OC2CCCCCCCC(=O)OCCCCCCC2O1. The molecule has 4 nitrogen and oxygen atoms in total. The molecule has 2 aliphatic heterocycles. The predicted molar refractivity (Wildman–Crippen MR) is 90.2 cm³/mol. The van der Waals surface area contributed by atoms with Crippen LogP contribution in [0.15, 0.2) is 0 Å². The first-order chi connectivity index (χ1) is 11.1. The molecule has 0 N–H and O–H groups in total. The van der Waals surface area contributed by atoms with Gasteiger partial charge in [0.2, 0.25) is 0 Å². The summed E-state index contributed by atoms with van der Waals surface area (Å²) in [5.74, 6) is -0.447. The Morgan fingerprint density at radius 3 is 1.96 bits per heavy atom. The zero-order chi connectivity index (χ0) is 16.5. The van der Waals surface area contributed by atoms with Gasteiger partial charge in [-0.2, -0.15) is 0 Å². The standard InChI is InChI=1S/C19H34O4/c1-19(2)22-16-12-8-4-3-5-10-14-18(20)21-15-11-7-6-9-13-17(16)23-19/h16-17H,3-15H2,1-2H3. The molecule has 2 saturated heterocycles. The minimum atomic E-state index is -0.426. The van der Waals surface area contributed by atoms with Crippen LogP contribution in [0.25, 0.3) is 0 Å². The molecule has 0 spiro atoms. The number of cyclic esters (lactones) is 1. The number of hydrogen-bond donors (Lipinski definition) is 0. The lowest BCUT2D eigenvalue weighted by Gasteiger charge is -2.16. The molecule has 2 fully saturated rings. The maximum Gasteiger partial charge on any atom is 0.305 e. The van der Waals surface area contributed by atoms with Gasteiger partial charge in [-0.25, -0.2) is 0 Å². The smallest absolute Gasteiger partial charge is 0.305 e. The molecule has 23 heavy (non-hydrogen) atoms. The zero-order valence-corrected chi connectivity index (χ0v) is 15.0. The average molecular weight is 326 g/mol. The summed E-state index contributed by atoms with van der Waals surface area (Å²) in [5.41, 5.74) is 0. The fourth-order valence-corrected chi connectivity index (χ4v) is 3.60. The minimum Gasteiger partial charge on any atom is -0.466 e. The highest BCUT2D eigenvalue weighted by Gasteiger charge is 2.40. The summed E-state index contributed by atoms with van der Waals surface area (Å²) in [6, 6.07) is 0. The van der Waals surface area contributed by atoms with Crippen molar-refractivity contribution in [2.45, 2.75) is 109 Å². The number of carbonyl (C=O) groups is 1. The molecule has 2 rings (SSSR count). The van der Waals surface area contributed by atoms with Crippen molar-refractivity contribution in [3.8, 4) is 0 Å². The minimum absolute atomic E-state index is 0.0205. The lowest BCUT2D eigenvalue weighted by Crippen LogP contribution is -2.22. The zero-order valence-electron chi connectivity index (χ0n) is 15.0. The third kappa shape index (κ3) is 7.21. The summed E-state index contributed by atoms with van der Waals surface area (Å²) in [6.45, 7) is 4.64. The van der Waals surface area contributed by atoms with Gasteiger partial charge in [-0.15, -0.1) is 0 Å². The van der Waals surface area contributed by atoms with Crippen LogP contribution in [0.2, 0.25) is 0 Å². The van der Waals surface area contributed by atoms with Gasteiger partial charge in [0, 0.05) is 6.42 Å². The maximum absolute atomic E-state index is 11.6. The Balaban J connectivity index is 1.79. The number of carbonyl (C=O) groups excluding carboxylic acids is 1. The van der Waals surface area contributed by atoms with Crippen LogP contribution in [0.5, 0.6) is 0 Å². The average Bonchev–Trinajstić information content (AvgIpc) is 2.78. The number of rotatable bonds is 0. The first kappa shape index (κ1) is 18.7. The molecule has 2 heterocycles. The Bertz CT molecular complexity index is 323. The molecule has 0 saturated carbocycles. The van der Waals surface area contributed by atoms with Crippen LogP contribution >= 0.6 is 0 Å². The van der Waals surface area contributed by atoms with Gasteiger partial charge in [-0.3, -0.25) is 4.79 Å². The van der Waals surface area contributed by atoms with Crippen LogP contribution in [-0.4, -0.2) is 30.6 Å². The van der Waals surface area contributed by atoms with Gasteiger partial charge in [0.1, 0.15) is 0 Å². The largest absolute Gasteiger partial charge is 0.466 e. The summed E-state index contributed by atoms with van der Waals surface area (Å²) >= 11 is 0. The highest BCUT2D eigenvalue weighted by Crippen LogP contribution is 2.33. The first-order valence-corrected chi connectivity index (χ1v) is 9.58. The molecular weight excluding hydrogens is 292 g/mol. The number of fused-ring (bicyclic) bond motifs is 1. The van der Waals surface area contributed by atoms with E-state index in [0.717, 1.165) is 44.9 Å². The Labute approximate surface area is 141 Å². The second-order valence-electron chi connectivity index (χ2n) is 7.44. The predicted octanol–water partition coefficient (Wildman–Crippen LogP) is 4.74. The summed E-state index contributed by atoms with van der Waals surface area (Å²) < 4.78 is 17.5. The van der Waals surface area contributed by atoms with Gasteiger partial charge >= 0.3 is 5.97 Å². The maximum atomic E-state index is 11.6. The molecule has 4 heteroatoms. The lowest BCUT2D eigenvalue weighted by atomic mass is 10.00. The summed E-state index contributed by atoms with van der Waals surface area (Å²) in [7, 11) is 0. The third-order valence-corrected chi connectivity index (χ3v) is 4.80. The van der Waals surface area contributed by atoms with Crippen molar-refractivity contribution in [2.24, 2.45) is 0 Å². The van der Waals surface area contributed by atoms with E-state index >= 15 is 0 Å². The number of esters is 1. The summed E-state index contributed by atoms with van der Waals surface area (Å²) in [6.07, 6.45) is 13.3. The van der Waals surface area contributed by atoms with Gasteiger partial charge in [0.15, 0.2) is 5.79 Å². The van der Waals surface area contributed by atoms with E-state index in [1.54, 1.807) is 0 Å². The molecule has 134 valence electrons. The van der Waals surface area contributed by atoms with Gasteiger partial charge in [-0.05, 0) is 39.5 Å². The van der Waals surface area contributed by atoms with E-state index in [1.165, 1.54) is 25.7 Å². The molecule has 0 bridgehead atoms. The van der Waals surface area contributed by atoms with Gasteiger partial charge < -0.3 is 14.2 Å². The molecule has 2 aliphatic rings. The first-order valence-electron chi connectivity index (χ1n) is 9.58. The highest BCUT2D eigenvalue weighted by molar-refractivity contribution is 5.69. The Morgan fingerprint density at radius 2 is 1.30 bits per heavy atom. The van der Waals surface area contributed by atoms with E-state index in [1.807, 2.05) is 13.8 Å². The van der Waals surface area contributed by atoms with Crippen molar-refractivity contribution in [3.05, 3.63) is 0 Å². The van der Waals surface area contributed by atoms with Gasteiger partial charge in [-0.1, -0.05) is 44.9 Å². The second-order valence-corrected chi connectivity index (χ2v) is 7.44. The number of hydrogen-bond acceptors (Lipinski definition) is 4. The van der Waals surface area contributed by atoms with Crippen LogP contribution in [0.4, 0.5) is 0 Å². The Morgan fingerprint density at radius 1 is 0.783 bits per heavy atom. The fourth-order valence-electron chi connectivity index (χ4n) is 3.60. The molecule has 0 aromatic heterocycles. The van der Waals surface area contributed by atoms with Gasteiger partial charge in [0.05, 0.1) is 18.8 Å². The Kier molecular flexibility index (Phi) is 7.84. The van der Waals surface area contributed by atoms with E-state index in [4.69, 9.17) is 14.2 Å². The Hall–Kier alpha value is -0.610. The van der Waals surface area contributed by atoms with E-state index in [-0.39, 0.29) is 18.2 Å². The second kappa shape index (κ2) is 9.63. The molecule has 0 aromatic carbocycles. The number of ether oxygens (including phenoxy) is 3. The highest BCUT2D eigenvalue weighted by atomic mass is 16.7. The van der Waals surface area contributed by atoms with Crippen molar-refractivity contribution < 1.29 is 19.0 Å². The topological polar surface area (TPSA) is 44.8 Å². The van der Waals surface area contributed by atoms with Crippen LogP contribution in [0.3, 0.4) is 0 Å². The monoisotopic (exact) mass is 326 g/mol. The summed E-state index contributed by atoms with van der Waals surface area (Å²) in [5, 5.41) is 0. The normalized spacial score (nSPS) is 31.8. The molecule has 0 amide bonds. The van der Waals surface area contributed by atoms with Crippen LogP contribution < -0.4 is 0 Å². The quantitative estimate of drug-likeness (QED) is 0.603. The third-order valence-electron chi connectivity index (χ3n) is 4.80. The van der Waals surface area contributed by atoms with Gasteiger partial charge in [0.25, 0.3) is 0 Å². The van der Waals surface area contributed by atoms with Crippen molar-refractivity contribution in [1.29, 1.82) is 0 Å². The summed E-state index contributed by atoms with van der Waals surface area (Å²) in [4.78, 5) is 11.6. The van der Waals surface area contributed by atoms with Crippen molar-refractivity contribution >= 4 is 5.97 Å². The molecule has 2 unspecified atom stereocenters. The fraction of sp³-hybridized carbons (Fsp3) is 0.947. The van der Waals surface area contributed by atoms with Crippen molar-refractivity contribution in [2.75, 3.05) is 6.61 Å². The van der Waals surface area contributed by atoms with E-state index < -0.39 is 5.79 Å². The van der Waals surface area contributed by atoms with Crippen molar-refractivity contribution in [3.63, 3.8) is 0 Å². The van der Waals surface area contributed by atoms with E-state index in [9.17, 15) is 4.79 Å². The van der Waals surface area contributed by atoms with Crippen LogP contribution in [0, 0.1) is 0 Å². The lowest BCUT2D eigenvalue weighted by molar-refractivity contribution is -0.147. The molecule has 0 radical (unpaired) electrons. The molecular formula is C19H34O4. The van der Waals surface area contributed by atoms with E-state index in [0.29, 0.717) is 13.0 Å².